The Morgan fingerprint density at radius 2 is 2.31 bits per heavy atom. The fraction of sp³-hybridized carbons (Fsp3) is 0.300. The highest BCUT2D eigenvalue weighted by Crippen LogP contribution is 2.15. The van der Waals surface area contributed by atoms with Crippen molar-refractivity contribution in [2.24, 2.45) is 5.92 Å². The van der Waals surface area contributed by atoms with Crippen LogP contribution in [0.15, 0.2) is 24.3 Å². The van der Waals surface area contributed by atoms with E-state index in [2.05, 4.69) is 22.0 Å². The second-order valence-electron chi connectivity index (χ2n) is 2.81. The van der Waals surface area contributed by atoms with Crippen molar-refractivity contribution in [3.05, 3.63) is 34.9 Å². The van der Waals surface area contributed by atoms with Gasteiger partial charge in [0.1, 0.15) is 0 Å². The SMILES string of the molecule is N#CC(CBr)Cc1cccc(Cl)c1. The normalized spacial score (nSPS) is 12.1. The van der Waals surface area contributed by atoms with Gasteiger partial charge in [-0.05, 0) is 24.1 Å². The molecule has 1 aromatic carbocycles. The predicted molar refractivity (Wildman–Crippen MR) is 58.1 cm³/mol. The van der Waals surface area contributed by atoms with Crippen LogP contribution in [-0.2, 0) is 6.42 Å². The van der Waals surface area contributed by atoms with Crippen molar-refractivity contribution in [2.45, 2.75) is 6.42 Å². The second-order valence-corrected chi connectivity index (χ2v) is 3.90. The van der Waals surface area contributed by atoms with Crippen molar-refractivity contribution < 1.29 is 0 Å². The first kappa shape index (κ1) is 10.6. The van der Waals surface area contributed by atoms with Gasteiger partial charge in [0.25, 0.3) is 0 Å². The first-order chi connectivity index (χ1) is 6.26. The Morgan fingerprint density at radius 3 is 2.85 bits per heavy atom. The second kappa shape index (κ2) is 5.26. The number of hydrogen-bond donors (Lipinski definition) is 0. The van der Waals surface area contributed by atoms with Gasteiger partial charge in [-0.3, -0.25) is 0 Å². The zero-order valence-electron chi connectivity index (χ0n) is 7.00. The molecule has 1 nitrogen and oxygen atoms in total. The van der Waals surface area contributed by atoms with E-state index < -0.39 is 0 Å². The fourth-order valence-corrected chi connectivity index (χ4v) is 1.67. The van der Waals surface area contributed by atoms with E-state index in [4.69, 9.17) is 16.9 Å². The average Bonchev–Trinajstić information content (AvgIpc) is 2.14. The topological polar surface area (TPSA) is 23.8 Å². The van der Waals surface area contributed by atoms with Crippen LogP contribution in [0.2, 0.25) is 5.02 Å². The first-order valence-corrected chi connectivity index (χ1v) is 5.46. The summed E-state index contributed by atoms with van der Waals surface area (Å²) in [5, 5.41) is 10.2. The molecule has 1 unspecified atom stereocenters. The maximum absolute atomic E-state index is 8.74. The van der Waals surface area contributed by atoms with E-state index in [1.165, 1.54) is 0 Å². The summed E-state index contributed by atoms with van der Waals surface area (Å²) in [4.78, 5) is 0. The maximum atomic E-state index is 8.74. The van der Waals surface area contributed by atoms with Crippen molar-refractivity contribution in [2.75, 3.05) is 5.33 Å². The summed E-state index contributed by atoms with van der Waals surface area (Å²) in [6.45, 7) is 0. The molecule has 0 bridgehead atoms. The molecule has 0 heterocycles. The molecule has 0 saturated heterocycles. The maximum Gasteiger partial charge on any atom is 0.0668 e. The summed E-state index contributed by atoms with van der Waals surface area (Å²) in [5.74, 6) is 0.0264. The van der Waals surface area contributed by atoms with Gasteiger partial charge in [-0.2, -0.15) is 5.26 Å². The number of benzene rings is 1. The third-order valence-electron chi connectivity index (χ3n) is 1.74. The monoisotopic (exact) mass is 257 g/mol. The van der Waals surface area contributed by atoms with E-state index in [1.54, 1.807) is 0 Å². The van der Waals surface area contributed by atoms with Crippen LogP contribution in [0.3, 0.4) is 0 Å². The molecule has 0 aliphatic heterocycles. The van der Waals surface area contributed by atoms with E-state index in [0.717, 1.165) is 17.0 Å². The van der Waals surface area contributed by atoms with Gasteiger partial charge in [0.15, 0.2) is 0 Å². The van der Waals surface area contributed by atoms with Crippen LogP contribution < -0.4 is 0 Å². The Hall–Kier alpha value is -0.520. The standard InChI is InChI=1S/C10H9BrClN/c11-6-9(7-13)4-8-2-1-3-10(12)5-8/h1-3,5,9H,4,6H2. The molecule has 0 aliphatic rings. The number of nitriles is 1. The molecule has 3 heteroatoms. The molecule has 1 rings (SSSR count). The third kappa shape index (κ3) is 3.38. The summed E-state index contributed by atoms with van der Waals surface area (Å²) in [7, 11) is 0. The molecular formula is C10H9BrClN. The molecule has 0 saturated carbocycles. The molecule has 0 fully saturated rings. The highest BCUT2D eigenvalue weighted by atomic mass is 79.9. The Morgan fingerprint density at radius 1 is 1.54 bits per heavy atom. The predicted octanol–water partition coefficient (Wildman–Crippen LogP) is 3.42. The van der Waals surface area contributed by atoms with Crippen LogP contribution in [0.25, 0.3) is 0 Å². The molecule has 0 aliphatic carbocycles. The zero-order valence-corrected chi connectivity index (χ0v) is 9.35. The number of rotatable bonds is 3. The lowest BCUT2D eigenvalue weighted by Crippen LogP contribution is -2.02. The molecule has 0 radical (unpaired) electrons. The van der Waals surface area contributed by atoms with E-state index >= 15 is 0 Å². The summed E-state index contributed by atoms with van der Waals surface area (Å²) < 4.78 is 0. The molecule has 0 spiro atoms. The van der Waals surface area contributed by atoms with Crippen molar-refractivity contribution in [1.29, 1.82) is 5.26 Å². The number of nitrogens with zero attached hydrogens (tertiary/aromatic N) is 1. The van der Waals surface area contributed by atoms with Gasteiger partial charge < -0.3 is 0 Å². The van der Waals surface area contributed by atoms with Crippen molar-refractivity contribution in [3.8, 4) is 6.07 Å². The molecule has 0 amide bonds. The minimum absolute atomic E-state index is 0.0264. The smallest absolute Gasteiger partial charge is 0.0668 e. The van der Waals surface area contributed by atoms with E-state index in [9.17, 15) is 0 Å². The van der Waals surface area contributed by atoms with Gasteiger partial charge in [0, 0.05) is 10.4 Å². The quantitative estimate of drug-likeness (QED) is 0.762. The fourth-order valence-electron chi connectivity index (χ4n) is 1.08. The van der Waals surface area contributed by atoms with Crippen molar-refractivity contribution in [1.82, 2.24) is 0 Å². The van der Waals surface area contributed by atoms with E-state index in [0.29, 0.717) is 5.33 Å². The summed E-state index contributed by atoms with van der Waals surface area (Å²) in [6.07, 6.45) is 0.752. The third-order valence-corrected chi connectivity index (χ3v) is 2.76. The van der Waals surface area contributed by atoms with Crippen LogP contribution in [-0.4, -0.2) is 5.33 Å². The van der Waals surface area contributed by atoms with Gasteiger partial charge in [-0.15, -0.1) is 0 Å². The minimum Gasteiger partial charge on any atom is -0.198 e. The Kier molecular flexibility index (Phi) is 4.27. The molecule has 68 valence electrons. The lowest BCUT2D eigenvalue weighted by atomic mass is 10.0. The van der Waals surface area contributed by atoms with Crippen LogP contribution >= 0.6 is 27.5 Å². The first-order valence-electron chi connectivity index (χ1n) is 3.96. The Balaban J connectivity index is 2.69. The molecule has 13 heavy (non-hydrogen) atoms. The summed E-state index contributed by atoms with van der Waals surface area (Å²) in [6, 6.07) is 9.85. The lowest BCUT2D eigenvalue weighted by Gasteiger charge is -2.04. The zero-order chi connectivity index (χ0) is 9.68. The molecular weight excluding hydrogens is 249 g/mol. The van der Waals surface area contributed by atoms with E-state index in [1.807, 2.05) is 24.3 Å². The van der Waals surface area contributed by atoms with Crippen molar-refractivity contribution >= 4 is 27.5 Å². The van der Waals surface area contributed by atoms with Gasteiger partial charge in [-0.1, -0.05) is 39.7 Å². The van der Waals surface area contributed by atoms with Gasteiger partial charge in [-0.25, -0.2) is 0 Å². The Labute approximate surface area is 91.5 Å². The minimum atomic E-state index is 0.0264. The molecule has 1 atom stereocenters. The highest BCUT2D eigenvalue weighted by molar-refractivity contribution is 9.09. The molecule has 1 aromatic rings. The average molecular weight is 259 g/mol. The largest absolute Gasteiger partial charge is 0.198 e. The number of alkyl halides is 1. The highest BCUT2D eigenvalue weighted by Gasteiger charge is 2.06. The van der Waals surface area contributed by atoms with E-state index in [-0.39, 0.29) is 5.92 Å². The van der Waals surface area contributed by atoms with Crippen LogP contribution in [0.4, 0.5) is 0 Å². The molecule has 0 N–H and O–H groups in total. The summed E-state index contributed by atoms with van der Waals surface area (Å²) >= 11 is 9.12. The van der Waals surface area contributed by atoms with Gasteiger partial charge in [0.2, 0.25) is 0 Å². The van der Waals surface area contributed by atoms with Crippen molar-refractivity contribution in [3.63, 3.8) is 0 Å². The number of halogens is 2. The van der Waals surface area contributed by atoms with Crippen LogP contribution in [0.1, 0.15) is 5.56 Å². The van der Waals surface area contributed by atoms with Gasteiger partial charge >= 0.3 is 0 Å². The molecule has 0 aromatic heterocycles. The Bertz CT molecular complexity index is 319. The summed E-state index contributed by atoms with van der Waals surface area (Å²) in [5.41, 5.74) is 1.11. The van der Waals surface area contributed by atoms with Crippen LogP contribution in [0.5, 0.6) is 0 Å². The number of hydrogen-bond acceptors (Lipinski definition) is 1. The van der Waals surface area contributed by atoms with Crippen LogP contribution in [0, 0.1) is 17.2 Å². The van der Waals surface area contributed by atoms with Gasteiger partial charge in [0.05, 0.1) is 12.0 Å². The lowest BCUT2D eigenvalue weighted by molar-refractivity contribution is 0.756.